The lowest BCUT2D eigenvalue weighted by Gasteiger charge is -2.31. The number of nitrogens with zero attached hydrogens (tertiary/aromatic N) is 3. The second-order valence-corrected chi connectivity index (χ2v) is 6.07. The monoisotopic (exact) mass is 330 g/mol. The SMILES string of the molecule is C[C@]1(C(=O)Nc2cccc(-n3cc(C(=O)O)nn3)c2)CCCOC1. The van der Waals surface area contributed by atoms with Gasteiger partial charge in [-0.2, -0.15) is 0 Å². The summed E-state index contributed by atoms with van der Waals surface area (Å²) in [7, 11) is 0. The molecule has 1 aromatic heterocycles. The molecule has 2 aromatic rings. The lowest BCUT2D eigenvalue weighted by molar-refractivity contribution is -0.131. The molecule has 0 radical (unpaired) electrons. The maximum Gasteiger partial charge on any atom is 0.358 e. The molecule has 3 rings (SSSR count). The van der Waals surface area contributed by atoms with Crippen LogP contribution >= 0.6 is 0 Å². The number of anilines is 1. The normalized spacial score (nSPS) is 20.5. The Bertz CT molecular complexity index is 765. The van der Waals surface area contributed by atoms with Crippen LogP contribution in [-0.2, 0) is 9.53 Å². The smallest absolute Gasteiger partial charge is 0.358 e. The van der Waals surface area contributed by atoms with Gasteiger partial charge in [-0.1, -0.05) is 11.3 Å². The average Bonchev–Trinajstić information content (AvgIpc) is 3.06. The van der Waals surface area contributed by atoms with Crippen LogP contribution in [0.15, 0.2) is 30.5 Å². The summed E-state index contributed by atoms with van der Waals surface area (Å²) in [6, 6.07) is 6.99. The minimum Gasteiger partial charge on any atom is -0.476 e. The maximum atomic E-state index is 12.5. The van der Waals surface area contributed by atoms with Crippen LogP contribution in [0.4, 0.5) is 5.69 Å². The Morgan fingerprint density at radius 3 is 2.92 bits per heavy atom. The van der Waals surface area contributed by atoms with Crippen molar-refractivity contribution < 1.29 is 19.4 Å². The second-order valence-electron chi connectivity index (χ2n) is 6.07. The van der Waals surface area contributed by atoms with E-state index in [1.165, 1.54) is 10.9 Å². The van der Waals surface area contributed by atoms with Crippen LogP contribution < -0.4 is 5.32 Å². The minimum absolute atomic E-state index is 0.0934. The Kier molecular flexibility index (Phi) is 4.30. The fourth-order valence-electron chi connectivity index (χ4n) is 2.61. The average molecular weight is 330 g/mol. The molecule has 2 N–H and O–H groups in total. The Balaban J connectivity index is 1.77. The topological polar surface area (TPSA) is 106 Å². The zero-order valence-corrected chi connectivity index (χ0v) is 13.2. The summed E-state index contributed by atoms with van der Waals surface area (Å²) in [6.07, 6.45) is 2.96. The first-order valence-corrected chi connectivity index (χ1v) is 7.63. The highest BCUT2D eigenvalue weighted by atomic mass is 16.5. The van der Waals surface area contributed by atoms with Crippen LogP contribution in [-0.4, -0.2) is 45.2 Å². The Morgan fingerprint density at radius 1 is 1.42 bits per heavy atom. The number of aromatic nitrogens is 3. The van der Waals surface area contributed by atoms with Gasteiger partial charge in [-0.25, -0.2) is 9.48 Å². The van der Waals surface area contributed by atoms with Crippen LogP contribution in [0.25, 0.3) is 5.69 Å². The van der Waals surface area contributed by atoms with Crippen LogP contribution in [0.1, 0.15) is 30.3 Å². The third-order valence-electron chi connectivity index (χ3n) is 4.07. The third-order valence-corrected chi connectivity index (χ3v) is 4.07. The number of nitrogens with one attached hydrogen (secondary N) is 1. The molecule has 24 heavy (non-hydrogen) atoms. The molecule has 0 aliphatic carbocycles. The molecule has 1 aliphatic heterocycles. The summed E-state index contributed by atoms with van der Waals surface area (Å²) in [5, 5.41) is 19.2. The first-order chi connectivity index (χ1) is 11.5. The molecular weight excluding hydrogens is 312 g/mol. The van der Waals surface area contributed by atoms with Crippen molar-refractivity contribution in [3.63, 3.8) is 0 Å². The first-order valence-electron chi connectivity index (χ1n) is 7.63. The molecule has 8 nitrogen and oxygen atoms in total. The molecule has 0 unspecified atom stereocenters. The van der Waals surface area contributed by atoms with Crippen LogP contribution in [0.2, 0.25) is 0 Å². The number of rotatable bonds is 4. The van der Waals surface area contributed by atoms with Crippen LogP contribution in [0.5, 0.6) is 0 Å². The number of carbonyl (C=O) groups excluding carboxylic acids is 1. The molecule has 1 aromatic carbocycles. The number of benzene rings is 1. The van der Waals surface area contributed by atoms with E-state index in [1.54, 1.807) is 24.3 Å². The summed E-state index contributed by atoms with van der Waals surface area (Å²) < 4.78 is 6.78. The van der Waals surface area contributed by atoms with Crippen molar-refractivity contribution in [2.24, 2.45) is 5.41 Å². The highest BCUT2D eigenvalue weighted by Gasteiger charge is 2.35. The van der Waals surface area contributed by atoms with Gasteiger partial charge in [0.05, 0.1) is 23.9 Å². The van der Waals surface area contributed by atoms with Gasteiger partial charge in [0.2, 0.25) is 5.91 Å². The van der Waals surface area contributed by atoms with Gasteiger partial charge in [-0.3, -0.25) is 4.79 Å². The van der Waals surface area contributed by atoms with Crippen molar-refractivity contribution in [3.05, 3.63) is 36.2 Å². The van der Waals surface area contributed by atoms with Gasteiger partial charge < -0.3 is 15.2 Å². The molecule has 1 saturated heterocycles. The van der Waals surface area contributed by atoms with Gasteiger partial charge in [-0.05, 0) is 38.0 Å². The fourth-order valence-corrected chi connectivity index (χ4v) is 2.61. The van der Waals surface area contributed by atoms with Crippen LogP contribution in [0, 0.1) is 5.41 Å². The number of carbonyl (C=O) groups is 2. The van der Waals surface area contributed by atoms with E-state index in [0.717, 1.165) is 12.8 Å². The number of ether oxygens (including phenoxy) is 1. The summed E-state index contributed by atoms with van der Waals surface area (Å²) in [4.78, 5) is 23.4. The molecule has 2 heterocycles. The van der Waals surface area contributed by atoms with Gasteiger partial charge in [0.25, 0.3) is 0 Å². The number of carboxylic acid groups (broad SMARTS) is 1. The van der Waals surface area contributed by atoms with Gasteiger partial charge >= 0.3 is 5.97 Å². The van der Waals surface area contributed by atoms with E-state index in [2.05, 4.69) is 15.6 Å². The van der Waals surface area contributed by atoms with Crippen LogP contribution in [0.3, 0.4) is 0 Å². The molecule has 1 aliphatic rings. The van der Waals surface area contributed by atoms with Crippen molar-refractivity contribution in [3.8, 4) is 5.69 Å². The van der Waals surface area contributed by atoms with Crippen molar-refractivity contribution in [2.75, 3.05) is 18.5 Å². The summed E-state index contributed by atoms with van der Waals surface area (Å²) >= 11 is 0. The van der Waals surface area contributed by atoms with E-state index in [0.29, 0.717) is 24.6 Å². The molecule has 0 bridgehead atoms. The predicted octanol–water partition coefficient (Wildman–Crippen LogP) is 1.72. The molecule has 1 atom stereocenters. The zero-order valence-electron chi connectivity index (χ0n) is 13.2. The molecule has 0 spiro atoms. The molecule has 1 amide bonds. The van der Waals surface area contributed by atoms with Gasteiger partial charge in [0.15, 0.2) is 5.69 Å². The number of amides is 1. The summed E-state index contributed by atoms with van der Waals surface area (Å²) in [6.45, 7) is 2.99. The Labute approximate surface area is 138 Å². The first kappa shape index (κ1) is 16.1. The van der Waals surface area contributed by atoms with Gasteiger partial charge in [0, 0.05) is 12.3 Å². The summed E-state index contributed by atoms with van der Waals surface area (Å²) in [5.74, 6) is -1.24. The largest absolute Gasteiger partial charge is 0.476 e. The molecule has 126 valence electrons. The van der Waals surface area contributed by atoms with Crippen molar-refractivity contribution >= 4 is 17.6 Å². The lowest BCUT2D eigenvalue weighted by atomic mass is 9.84. The standard InChI is InChI=1S/C16H18N4O4/c1-16(6-3-7-24-10-16)15(23)17-11-4-2-5-12(8-11)20-9-13(14(21)22)18-19-20/h2,4-5,8-9H,3,6-7,10H2,1H3,(H,17,23)(H,21,22)/t16-/m0/s1. The molecule has 0 saturated carbocycles. The van der Waals surface area contributed by atoms with Gasteiger partial charge in [0.1, 0.15) is 0 Å². The molecule has 1 fully saturated rings. The number of carboxylic acids is 1. The zero-order chi connectivity index (χ0) is 17.2. The van der Waals surface area contributed by atoms with E-state index in [9.17, 15) is 9.59 Å². The highest BCUT2D eigenvalue weighted by molar-refractivity contribution is 5.95. The van der Waals surface area contributed by atoms with E-state index in [1.807, 2.05) is 6.92 Å². The van der Waals surface area contributed by atoms with E-state index in [-0.39, 0.29) is 11.6 Å². The van der Waals surface area contributed by atoms with Gasteiger partial charge in [-0.15, -0.1) is 5.10 Å². The maximum absolute atomic E-state index is 12.5. The lowest BCUT2D eigenvalue weighted by Crippen LogP contribution is -2.40. The van der Waals surface area contributed by atoms with Crippen molar-refractivity contribution in [2.45, 2.75) is 19.8 Å². The predicted molar refractivity (Wildman–Crippen MR) is 85.1 cm³/mol. The second kappa shape index (κ2) is 6.40. The number of hydrogen-bond donors (Lipinski definition) is 2. The highest BCUT2D eigenvalue weighted by Crippen LogP contribution is 2.29. The van der Waals surface area contributed by atoms with Crippen molar-refractivity contribution in [1.29, 1.82) is 0 Å². The van der Waals surface area contributed by atoms with E-state index >= 15 is 0 Å². The minimum atomic E-state index is -1.14. The van der Waals surface area contributed by atoms with E-state index in [4.69, 9.17) is 9.84 Å². The number of hydrogen-bond acceptors (Lipinski definition) is 5. The Hall–Kier alpha value is -2.74. The molecule has 8 heteroatoms. The third kappa shape index (κ3) is 3.28. The van der Waals surface area contributed by atoms with E-state index < -0.39 is 11.4 Å². The number of aromatic carboxylic acids is 1. The summed E-state index contributed by atoms with van der Waals surface area (Å²) in [5.41, 5.74) is 0.531. The Morgan fingerprint density at radius 2 is 2.25 bits per heavy atom. The van der Waals surface area contributed by atoms with Crippen molar-refractivity contribution in [1.82, 2.24) is 15.0 Å². The molecular formula is C16H18N4O4. The quantitative estimate of drug-likeness (QED) is 0.884. The fraction of sp³-hybridized carbons (Fsp3) is 0.375.